The number of hydrogen-bond acceptors (Lipinski definition) is 4. The standard InChI is InChI=1S/C16H11ClF3NO4S/c17-11-2-1-3-12(18)10(11)7-26(23)8-15(22)21-9-4-5-13-14(6-9)25-16(19,20)24-13/h1-6H,7-8H2,(H,21,22)/t26-/m0/s1. The van der Waals surface area contributed by atoms with Crippen LogP contribution in [0.4, 0.5) is 18.9 Å². The smallest absolute Gasteiger partial charge is 0.395 e. The van der Waals surface area contributed by atoms with E-state index < -0.39 is 34.6 Å². The van der Waals surface area contributed by atoms with E-state index in [9.17, 15) is 22.2 Å². The summed E-state index contributed by atoms with van der Waals surface area (Å²) >= 11 is 5.86. The van der Waals surface area contributed by atoms with Gasteiger partial charge in [0, 0.05) is 33.1 Å². The minimum atomic E-state index is -3.76. The quantitative estimate of drug-likeness (QED) is 0.824. The average molecular weight is 406 g/mol. The molecule has 0 fully saturated rings. The second kappa shape index (κ2) is 7.16. The molecule has 5 nitrogen and oxygen atoms in total. The van der Waals surface area contributed by atoms with Crippen LogP contribution in [0.15, 0.2) is 36.4 Å². The van der Waals surface area contributed by atoms with Gasteiger partial charge >= 0.3 is 6.29 Å². The highest BCUT2D eigenvalue weighted by Gasteiger charge is 2.43. The van der Waals surface area contributed by atoms with Gasteiger partial charge in [0.15, 0.2) is 11.5 Å². The second-order valence-electron chi connectivity index (χ2n) is 5.31. The minimum Gasteiger partial charge on any atom is -0.395 e. The fourth-order valence-corrected chi connectivity index (χ4v) is 3.64. The van der Waals surface area contributed by atoms with E-state index in [1.54, 1.807) is 0 Å². The van der Waals surface area contributed by atoms with Crippen molar-refractivity contribution in [2.45, 2.75) is 12.0 Å². The summed E-state index contributed by atoms with van der Waals surface area (Å²) in [7, 11) is -1.72. The number of hydrogen-bond donors (Lipinski definition) is 1. The zero-order valence-electron chi connectivity index (χ0n) is 12.9. The molecule has 0 saturated carbocycles. The first-order chi connectivity index (χ1) is 12.2. The van der Waals surface area contributed by atoms with Gasteiger partial charge in [-0.1, -0.05) is 17.7 Å². The highest BCUT2D eigenvalue weighted by Crippen LogP contribution is 2.42. The molecule has 1 amide bonds. The summed E-state index contributed by atoms with van der Waals surface area (Å²) in [4.78, 5) is 12.0. The zero-order chi connectivity index (χ0) is 18.9. The lowest BCUT2D eigenvalue weighted by atomic mass is 10.2. The van der Waals surface area contributed by atoms with Crippen LogP contribution in [0.5, 0.6) is 11.5 Å². The highest BCUT2D eigenvalue weighted by molar-refractivity contribution is 7.85. The molecular formula is C16H11ClF3NO4S. The lowest BCUT2D eigenvalue weighted by Gasteiger charge is -2.08. The van der Waals surface area contributed by atoms with Crippen molar-refractivity contribution in [2.75, 3.05) is 11.1 Å². The Labute approximate surface area is 153 Å². The summed E-state index contributed by atoms with van der Waals surface area (Å²) in [6, 6.07) is 7.76. The molecular weight excluding hydrogens is 395 g/mol. The Kier molecular flexibility index (Phi) is 5.10. The van der Waals surface area contributed by atoms with E-state index in [1.165, 1.54) is 30.3 Å². The number of rotatable bonds is 5. The third-order valence-corrected chi connectivity index (χ3v) is 4.89. The van der Waals surface area contributed by atoms with Crippen molar-refractivity contribution in [1.82, 2.24) is 0 Å². The Balaban J connectivity index is 1.60. The molecule has 3 rings (SSSR count). The molecule has 0 spiro atoms. The maximum atomic E-state index is 13.7. The molecule has 0 aliphatic carbocycles. The molecule has 0 radical (unpaired) electrons. The van der Waals surface area contributed by atoms with Crippen LogP contribution in [-0.2, 0) is 21.3 Å². The largest absolute Gasteiger partial charge is 0.586 e. The van der Waals surface area contributed by atoms with Crippen molar-refractivity contribution in [1.29, 1.82) is 0 Å². The first-order valence-electron chi connectivity index (χ1n) is 7.21. The molecule has 1 aliphatic rings. The minimum absolute atomic E-state index is 0.0608. The van der Waals surface area contributed by atoms with E-state index >= 15 is 0 Å². The van der Waals surface area contributed by atoms with Crippen molar-refractivity contribution < 1.29 is 31.6 Å². The Morgan fingerprint density at radius 1 is 1.19 bits per heavy atom. The van der Waals surface area contributed by atoms with Gasteiger partial charge in [-0.05, 0) is 24.3 Å². The molecule has 10 heteroatoms. The molecule has 1 N–H and O–H groups in total. The number of anilines is 1. The molecule has 0 bridgehead atoms. The Hall–Kier alpha value is -2.26. The summed E-state index contributed by atoms with van der Waals surface area (Å²) in [6.45, 7) is 0. The number of halogens is 4. The van der Waals surface area contributed by atoms with Crippen molar-refractivity contribution >= 4 is 34.0 Å². The Bertz CT molecular complexity index is 874. The molecule has 0 saturated heterocycles. The van der Waals surface area contributed by atoms with Crippen LogP contribution in [0, 0.1) is 5.82 Å². The van der Waals surface area contributed by atoms with Crippen LogP contribution in [0.25, 0.3) is 0 Å². The lowest BCUT2D eigenvalue weighted by molar-refractivity contribution is -0.286. The topological polar surface area (TPSA) is 64.6 Å². The molecule has 0 aromatic heterocycles. The summed E-state index contributed by atoms with van der Waals surface area (Å²) in [5.74, 6) is -2.29. The van der Waals surface area contributed by atoms with Crippen LogP contribution < -0.4 is 14.8 Å². The van der Waals surface area contributed by atoms with Gasteiger partial charge in [0.25, 0.3) is 0 Å². The number of carbonyl (C=O) groups excluding carboxylic acids is 1. The summed E-state index contributed by atoms with van der Waals surface area (Å²) in [5, 5.41) is 2.53. The normalized spacial score (nSPS) is 15.5. The van der Waals surface area contributed by atoms with Crippen LogP contribution >= 0.6 is 11.6 Å². The van der Waals surface area contributed by atoms with Gasteiger partial charge in [0.05, 0.1) is 5.75 Å². The van der Waals surface area contributed by atoms with Gasteiger partial charge in [-0.25, -0.2) is 4.39 Å². The first-order valence-corrected chi connectivity index (χ1v) is 9.08. The van der Waals surface area contributed by atoms with Gasteiger partial charge in [-0.2, -0.15) is 0 Å². The average Bonchev–Trinajstić information content (AvgIpc) is 2.84. The van der Waals surface area contributed by atoms with Gasteiger partial charge in [0.1, 0.15) is 11.6 Å². The summed E-state index contributed by atoms with van der Waals surface area (Å²) in [6.07, 6.45) is -3.76. The third-order valence-electron chi connectivity index (χ3n) is 3.34. The SMILES string of the molecule is O=C(C[S@@](=O)Cc1c(F)cccc1Cl)Nc1ccc2c(c1)OC(F)(F)O2. The molecule has 0 unspecified atom stereocenters. The van der Waals surface area contributed by atoms with Crippen LogP contribution in [0.2, 0.25) is 5.02 Å². The number of benzene rings is 2. The molecule has 1 heterocycles. The molecule has 2 aromatic rings. The van der Waals surface area contributed by atoms with E-state index in [0.29, 0.717) is 0 Å². The first kappa shape index (κ1) is 18.5. The van der Waals surface area contributed by atoms with Crippen molar-refractivity contribution in [3.63, 3.8) is 0 Å². The second-order valence-corrected chi connectivity index (χ2v) is 7.17. The predicted molar refractivity (Wildman–Crippen MR) is 89.4 cm³/mol. The Morgan fingerprint density at radius 3 is 2.65 bits per heavy atom. The van der Waals surface area contributed by atoms with Gasteiger partial charge in [-0.15, -0.1) is 8.78 Å². The number of amides is 1. The number of carbonyl (C=O) groups is 1. The van der Waals surface area contributed by atoms with Crippen molar-refractivity contribution in [3.8, 4) is 11.5 Å². The molecule has 26 heavy (non-hydrogen) atoms. The lowest BCUT2D eigenvalue weighted by Crippen LogP contribution is -2.25. The summed E-state index contributed by atoms with van der Waals surface area (Å²) in [5.41, 5.74) is 0.224. The van der Waals surface area contributed by atoms with E-state index in [2.05, 4.69) is 14.8 Å². The van der Waals surface area contributed by atoms with Crippen LogP contribution in [0.1, 0.15) is 5.56 Å². The number of fused-ring (bicyclic) bond motifs is 1. The van der Waals surface area contributed by atoms with E-state index in [1.807, 2.05) is 0 Å². The van der Waals surface area contributed by atoms with Gasteiger partial charge < -0.3 is 14.8 Å². The highest BCUT2D eigenvalue weighted by atomic mass is 35.5. The van der Waals surface area contributed by atoms with Crippen LogP contribution in [0.3, 0.4) is 0 Å². The molecule has 1 atom stereocenters. The molecule has 138 valence electrons. The molecule has 1 aliphatic heterocycles. The zero-order valence-corrected chi connectivity index (χ0v) is 14.5. The summed E-state index contributed by atoms with van der Waals surface area (Å²) < 4.78 is 60.2. The maximum Gasteiger partial charge on any atom is 0.586 e. The van der Waals surface area contributed by atoms with E-state index in [4.69, 9.17) is 11.6 Å². The monoisotopic (exact) mass is 405 g/mol. The van der Waals surface area contributed by atoms with Crippen molar-refractivity contribution in [3.05, 3.63) is 52.8 Å². The van der Waals surface area contributed by atoms with Gasteiger partial charge in [-0.3, -0.25) is 9.00 Å². The number of ether oxygens (including phenoxy) is 2. The maximum absolute atomic E-state index is 13.7. The molecule has 2 aromatic carbocycles. The number of alkyl halides is 2. The van der Waals surface area contributed by atoms with Gasteiger partial charge in [0.2, 0.25) is 5.91 Å². The fraction of sp³-hybridized carbons (Fsp3) is 0.188. The predicted octanol–water partition coefficient (Wildman–Crippen LogP) is 3.69. The van der Waals surface area contributed by atoms with E-state index in [0.717, 1.165) is 6.07 Å². The third kappa shape index (κ3) is 4.28. The van der Waals surface area contributed by atoms with Crippen molar-refractivity contribution in [2.24, 2.45) is 0 Å². The van der Waals surface area contributed by atoms with Crippen LogP contribution in [-0.4, -0.2) is 22.2 Å². The van der Waals surface area contributed by atoms with E-state index in [-0.39, 0.29) is 33.5 Å². The fourth-order valence-electron chi connectivity index (χ4n) is 2.25. The Morgan fingerprint density at radius 2 is 1.92 bits per heavy atom. The number of nitrogens with one attached hydrogen (secondary N) is 1.